The average molecular weight is 556 g/mol. The topological polar surface area (TPSA) is 116 Å². The zero-order chi connectivity index (χ0) is 25.9. The van der Waals surface area contributed by atoms with Crippen LogP contribution in [0.5, 0.6) is 5.75 Å². The molecule has 2 fully saturated rings. The fourth-order valence-electron chi connectivity index (χ4n) is 4.55. The summed E-state index contributed by atoms with van der Waals surface area (Å²) < 4.78 is 33.2. The van der Waals surface area contributed by atoms with Crippen LogP contribution in [0, 0.1) is 0 Å². The predicted octanol–water partition coefficient (Wildman–Crippen LogP) is 4.10. The van der Waals surface area contributed by atoms with E-state index in [1.165, 1.54) is 29.2 Å². The van der Waals surface area contributed by atoms with E-state index in [9.17, 15) is 18.0 Å². The van der Waals surface area contributed by atoms with Crippen LogP contribution in [0.25, 0.3) is 0 Å². The first kappa shape index (κ1) is 26.5. The number of carbonyl (C=O) groups excluding carboxylic acids is 1. The third-order valence-corrected chi connectivity index (χ3v) is 8.65. The molecule has 2 N–H and O–H groups in total. The van der Waals surface area contributed by atoms with Gasteiger partial charge in [-0.2, -0.15) is 0 Å². The zero-order valence-corrected chi connectivity index (χ0v) is 21.7. The molecule has 0 radical (unpaired) electrons. The second-order valence-corrected chi connectivity index (χ2v) is 11.4. The number of rotatable bonds is 6. The molecular formula is C24H27Cl2N3O6S. The SMILES string of the molecule is O=C(O)c1ccc(S(=O)(=O)NC(=O)N2CCC(N3CCC(Oc4ccc(Cl)c(Cl)c4)CC3)CC2)cc1. The molecule has 0 aliphatic carbocycles. The fourth-order valence-corrected chi connectivity index (χ4v) is 5.81. The molecule has 2 saturated heterocycles. The lowest BCUT2D eigenvalue weighted by Gasteiger charge is -2.41. The van der Waals surface area contributed by atoms with Gasteiger partial charge in [0, 0.05) is 38.3 Å². The van der Waals surface area contributed by atoms with Crippen LogP contribution in [-0.4, -0.2) is 73.6 Å². The predicted molar refractivity (Wildman–Crippen MR) is 135 cm³/mol. The number of carboxylic acid groups (broad SMARTS) is 1. The third-order valence-electron chi connectivity index (χ3n) is 6.57. The Bertz CT molecular complexity index is 1210. The monoisotopic (exact) mass is 555 g/mol. The smallest absolute Gasteiger partial charge is 0.335 e. The number of ether oxygens (including phenoxy) is 1. The van der Waals surface area contributed by atoms with Crippen LogP contribution < -0.4 is 9.46 Å². The van der Waals surface area contributed by atoms with Crippen molar-refractivity contribution < 1.29 is 27.9 Å². The van der Waals surface area contributed by atoms with Crippen molar-refractivity contribution in [1.82, 2.24) is 14.5 Å². The summed E-state index contributed by atoms with van der Waals surface area (Å²) in [7, 11) is -4.10. The minimum Gasteiger partial charge on any atom is -0.490 e. The van der Waals surface area contributed by atoms with Gasteiger partial charge in [0.25, 0.3) is 10.0 Å². The van der Waals surface area contributed by atoms with Gasteiger partial charge in [-0.1, -0.05) is 23.2 Å². The Morgan fingerprint density at radius 2 is 1.56 bits per heavy atom. The van der Waals surface area contributed by atoms with Gasteiger partial charge in [-0.15, -0.1) is 0 Å². The summed E-state index contributed by atoms with van der Waals surface area (Å²) >= 11 is 12.0. The van der Waals surface area contributed by atoms with Crippen molar-refractivity contribution >= 4 is 45.2 Å². The van der Waals surface area contributed by atoms with E-state index in [1.54, 1.807) is 12.1 Å². The van der Waals surface area contributed by atoms with Gasteiger partial charge < -0.3 is 14.7 Å². The number of sulfonamides is 1. The highest BCUT2D eigenvalue weighted by molar-refractivity contribution is 7.90. The number of carboxylic acids is 1. The summed E-state index contributed by atoms with van der Waals surface area (Å²) in [6, 6.07) is 9.61. The second kappa shape index (κ2) is 11.2. The van der Waals surface area contributed by atoms with Crippen molar-refractivity contribution in [2.24, 2.45) is 0 Å². The Morgan fingerprint density at radius 3 is 2.14 bits per heavy atom. The molecule has 0 bridgehead atoms. The minimum atomic E-state index is -4.10. The standard InChI is InChI=1S/C24H27Cl2N3O6S/c25-21-6-3-19(15-22(21)26)35-18-9-13-28(14-10-18)17-7-11-29(12-8-17)24(32)27-36(33,34)20-4-1-16(2-5-20)23(30)31/h1-6,15,17-18H,7-14H2,(H,27,32)(H,30,31). The van der Waals surface area contributed by atoms with E-state index in [1.807, 2.05) is 6.07 Å². The van der Waals surface area contributed by atoms with Gasteiger partial charge in [-0.25, -0.2) is 22.7 Å². The van der Waals surface area contributed by atoms with E-state index in [-0.39, 0.29) is 16.6 Å². The average Bonchev–Trinajstić information content (AvgIpc) is 2.86. The Morgan fingerprint density at radius 1 is 0.917 bits per heavy atom. The van der Waals surface area contributed by atoms with Gasteiger partial charge in [-0.3, -0.25) is 4.90 Å². The molecule has 0 spiro atoms. The van der Waals surface area contributed by atoms with Gasteiger partial charge in [0.05, 0.1) is 20.5 Å². The van der Waals surface area contributed by atoms with Crippen molar-refractivity contribution in [1.29, 1.82) is 0 Å². The molecule has 4 rings (SSSR count). The Balaban J connectivity index is 1.23. The first-order valence-electron chi connectivity index (χ1n) is 11.6. The number of piperidine rings is 2. The van der Waals surface area contributed by atoms with Gasteiger partial charge in [0.15, 0.2) is 0 Å². The highest BCUT2D eigenvalue weighted by Gasteiger charge is 2.31. The van der Waals surface area contributed by atoms with E-state index >= 15 is 0 Å². The lowest BCUT2D eigenvalue weighted by atomic mass is 9.99. The van der Waals surface area contributed by atoms with E-state index < -0.39 is 22.0 Å². The molecule has 2 aromatic carbocycles. The first-order chi connectivity index (χ1) is 17.1. The van der Waals surface area contributed by atoms with Crippen LogP contribution >= 0.6 is 23.2 Å². The van der Waals surface area contributed by atoms with E-state index in [2.05, 4.69) is 9.62 Å². The van der Waals surface area contributed by atoms with Gasteiger partial charge in [0.2, 0.25) is 0 Å². The molecule has 0 aromatic heterocycles. The summed E-state index contributed by atoms with van der Waals surface area (Å²) in [6.07, 6.45) is 3.34. The molecule has 2 heterocycles. The quantitative estimate of drug-likeness (QED) is 0.551. The molecule has 0 unspecified atom stereocenters. The molecule has 36 heavy (non-hydrogen) atoms. The molecule has 0 atom stereocenters. The number of carbonyl (C=O) groups is 2. The normalized spacial score (nSPS) is 18.1. The lowest BCUT2D eigenvalue weighted by molar-refractivity contribution is 0.0539. The largest absolute Gasteiger partial charge is 0.490 e. The maximum Gasteiger partial charge on any atom is 0.335 e. The van der Waals surface area contributed by atoms with Crippen molar-refractivity contribution in [3.05, 3.63) is 58.1 Å². The maximum absolute atomic E-state index is 12.6. The Hall–Kier alpha value is -2.53. The number of hydrogen-bond donors (Lipinski definition) is 2. The number of benzene rings is 2. The number of urea groups is 1. The number of hydrogen-bond acceptors (Lipinski definition) is 6. The number of halogens is 2. The molecule has 2 aromatic rings. The van der Waals surface area contributed by atoms with Gasteiger partial charge >= 0.3 is 12.0 Å². The van der Waals surface area contributed by atoms with Crippen LogP contribution in [-0.2, 0) is 10.0 Å². The lowest BCUT2D eigenvalue weighted by Crippen LogP contribution is -2.52. The molecule has 9 nitrogen and oxygen atoms in total. The Kier molecular flexibility index (Phi) is 8.29. The molecule has 0 saturated carbocycles. The zero-order valence-electron chi connectivity index (χ0n) is 19.4. The molecular weight excluding hydrogens is 529 g/mol. The number of nitrogens with one attached hydrogen (secondary N) is 1. The second-order valence-electron chi connectivity index (χ2n) is 8.89. The van der Waals surface area contributed by atoms with E-state index in [0.717, 1.165) is 38.8 Å². The summed E-state index contributed by atoms with van der Waals surface area (Å²) in [5, 5.41) is 9.91. The van der Waals surface area contributed by atoms with Crippen molar-refractivity contribution in [2.45, 2.75) is 42.7 Å². The summed E-state index contributed by atoms with van der Waals surface area (Å²) in [4.78, 5) is 27.3. The number of likely N-dealkylation sites (tertiary alicyclic amines) is 2. The van der Waals surface area contributed by atoms with Crippen molar-refractivity contribution in [3.63, 3.8) is 0 Å². The summed E-state index contributed by atoms with van der Waals surface area (Å²) in [5.74, 6) is -0.455. The molecule has 2 aliphatic rings. The molecule has 2 amide bonds. The maximum atomic E-state index is 12.6. The third kappa shape index (κ3) is 6.42. The van der Waals surface area contributed by atoms with Crippen molar-refractivity contribution in [3.8, 4) is 5.75 Å². The van der Waals surface area contributed by atoms with Crippen LogP contribution in [0.3, 0.4) is 0 Å². The minimum absolute atomic E-state index is 0.0349. The van der Waals surface area contributed by atoms with E-state index in [0.29, 0.717) is 34.9 Å². The van der Waals surface area contributed by atoms with Crippen LogP contribution in [0.15, 0.2) is 47.4 Å². The molecule has 2 aliphatic heterocycles. The summed E-state index contributed by atoms with van der Waals surface area (Å²) in [5.41, 5.74) is -0.0349. The number of nitrogens with zero attached hydrogens (tertiary/aromatic N) is 2. The molecule has 194 valence electrons. The van der Waals surface area contributed by atoms with Crippen LogP contribution in [0.4, 0.5) is 4.79 Å². The van der Waals surface area contributed by atoms with E-state index in [4.69, 9.17) is 33.0 Å². The first-order valence-corrected chi connectivity index (χ1v) is 13.9. The van der Waals surface area contributed by atoms with Crippen molar-refractivity contribution in [2.75, 3.05) is 26.2 Å². The number of amides is 2. The highest BCUT2D eigenvalue weighted by atomic mass is 35.5. The Labute approximate surface area is 220 Å². The number of aromatic carboxylic acids is 1. The van der Waals surface area contributed by atoms with Gasteiger partial charge in [-0.05, 0) is 62.1 Å². The highest BCUT2D eigenvalue weighted by Crippen LogP contribution is 2.29. The molecule has 12 heteroatoms. The van der Waals surface area contributed by atoms with Crippen LogP contribution in [0.1, 0.15) is 36.0 Å². The fraction of sp³-hybridized carbons (Fsp3) is 0.417. The van der Waals surface area contributed by atoms with Crippen LogP contribution in [0.2, 0.25) is 10.0 Å². The van der Waals surface area contributed by atoms with Gasteiger partial charge in [0.1, 0.15) is 11.9 Å². The summed E-state index contributed by atoms with van der Waals surface area (Å²) in [6.45, 7) is 2.65.